The highest BCUT2D eigenvalue weighted by Gasteiger charge is 2.35. The first-order valence-electron chi connectivity index (χ1n) is 8.12. The Morgan fingerprint density at radius 2 is 2.12 bits per heavy atom. The van der Waals surface area contributed by atoms with E-state index >= 15 is 0 Å². The van der Waals surface area contributed by atoms with Gasteiger partial charge in [-0.1, -0.05) is 18.2 Å². The number of ether oxygens (including phenoxy) is 1. The van der Waals surface area contributed by atoms with Gasteiger partial charge in [0.25, 0.3) is 0 Å². The zero-order chi connectivity index (χ0) is 17.4. The Morgan fingerprint density at radius 3 is 2.88 bits per heavy atom. The van der Waals surface area contributed by atoms with Gasteiger partial charge in [0.15, 0.2) is 17.0 Å². The third kappa shape index (κ3) is 2.84. The van der Waals surface area contributed by atoms with Gasteiger partial charge in [-0.3, -0.25) is 4.57 Å². The van der Waals surface area contributed by atoms with Gasteiger partial charge in [-0.25, -0.2) is 15.0 Å². The van der Waals surface area contributed by atoms with Crippen LogP contribution in [-0.2, 0) is 4.74 Å². The van der Waals surface area contributed by atoms with Crippen LogP contribution in [0.25, 0.3) is 11.2 Å². The normalized spacial score (nSPS) is 23.2. The SMILES string of the molecule is Cc1ccccc1Nc1ncnc2c1ncn2[C@H]1C[C@H](O)[C@@H](CO)O1. The number of nitrogens with one attached hydrogen (secondary N) is 1. The van der Waals surface area contributed by atoms with Gasteiger partial charge in [0.1, 0.15) is 18.7 Å². The third-order valence-electron chi connectivity index (χ3n) is 4.45. The molecule has 0 saturated carbocycles. The number of aromatic nitrogens is 4. The van der Waals surface area contributed by atoms with Crippen LogP contribution in [0.15, 0.2) is 36.9 Å². The van der Waals surface area contributed by atoms with Crippen molar-refractivity contribution in [2.75, 3.05) is 11.9 Å². The largest absolute Gasteiger partial charge is 0.394 e. The van der Waals surface area contributed by atoms with Gasteiger partial charge in [-0.05, 0) is 18.6 Å². The predicted octanol–water partition coefficient (Wildman–Crippen LogP) is 1.52. The molecule has 0 unspecified atom stereocenters. The monoisotopic (exact) mass is 341 g/mol. The molecule has 8 nitrogen and oxygen atoms in total. The van der Waals surface area contributed by atoms with Crippen molar-refractivity contribution in [2.45, 2.75) is 31.8 Å². The second-order valence-corrected chi connectivity index (χ2v) is 6.10. The van der Waals surface area contributed by atoms with Crippen LogP contribution in [0.1, 0.15) is 18.2 Å². The molecule has 3 N–H and O–H groups in total. The summed E-state index contributed by atoms with van der Waals surface area (Å²) in [6.07, 6.45) is 1.75. The van der Waals surface area contributed by atoms with Crippen LogP contribution in [0, 0.1) is 6.92 Å². The number of anilines is 2. The Hall–Kier alpha value is -2.55. The van der Waals surface area contributed by atoms with Gasteiger partial charge >= 0.3 is 0 Å². The summed E-state index contributed by atoms with van der Waals surface area (Å²) in [6, 6.07) is 7.92. The number of nitrogens with zero attached hydrogens (tertiary/aromatic N) is 4. The fourth-order valence-electron chi connectivity index (χ4n) is 3.05. The van der Waals surface area contributed by atoms with E-state index in [1.807, 2.05) is 31.2 Å². The maximum atomic E-state index is 9.95. The topological polar surface area (TPSA) is 105 Å². The Bertz CT molecular complexity index is 897. The Morgan fingerprint density at radius 1 is 1.28 bits per heavy atom. The minimum atomic E-state index is -0.709. The van der Waals surface area contributed by atoms with Crippen molar-refractivity contribution in [2.24, 2.45) is 0 Å². The van der Waals surface area contributed by atoms with Gasteiger partial charge in [-0.15, -0.1) is 0 Å². The molecule has 4 rings (SSSR count). The van der Waals surface area contributed by atoms with Crippen molar-refractivity contribution in [1.29, 1.82) is 0 Å². The summed E-state index contributed by atoms with van der Waals surface area (Å²) < 4.78 is 7.46. The second kappa shape index (κ2) is 6.40. The molecule has 3 heterocycles. The van der Waals surface area contributed by atoms with E-state index in [1.54, 1.807) is 10.9 Å². The van der Waals surface area contributed by atoms with Crippen molar-refractivity contribution in [3.8, 4) is 0 Å². The Labute approximate surface area is 144 Å². The number of hydrogen-bond acceptors (Lipinski definition) is 7. The molecule has 25 heavy (non-hydrogen) atoms. The molecule has 0 radical (unpaired) electrons. The van der Waals surface area contributed by atoms with Crippen LogP contribution in [0.3, 0.4) is 0 Å². The standard InChI is InChI=1S/C17H19N5O3/c1-10-4-2-3-5-11(10)21-16-15-17(19-8-18-16)22(9-20-15)14-6-12(24)13(7-23)25-14/h2-5,8-9,12-14,23-24H,6-7H2,1H3,(H,18,19,21)/t12-,13+,14+/m0/s1. The molecule has 1 aliphatic rings. The van der Waals surface area contributed by atoms with E-state index in [2.05, 4.69) is 20.3 Å². The van der Waals surface area contributed by atoms with Crippen LogP contribution < -0.4 is 5.32 Å². The molecule has 3 aromatic rings. The van der Waals surface area contributed by atoms with Crippen molar-refractivity contribution in [1.82, 2.24) is 19.5 Å². The van der Waals surface area contributed by atoms with E-state index < -0.39 is 18.4 Å². The highest BCUT2D eigenvalue weighted by molar-refractivity contribution is 5.85. The van der Waals surface area contributed by atoms with Crippen LogP contribution in [-0.4, -0.2) is 48.5 Å². The minimum Gasteiger partial charge on any atom is -0.394 e. The van der Waals surface area contributed by atoms with Crippen LogP contribution in [0.5, 0.6) is 0 Å². The summed E-state index contributed by atoms with van der Waals surface area (Å²) in [6.45, 7) is 1.79. The van der Waals surface area contributed by atoms with Crippen LogP contribution in [0.4, 0.5) is 11.5 Å². The fourth-order valence-corrected chi connectivity index (χ4v) is 3.05. The molecule has 0 spiro atoms. The zero-order valence-corrected chi connectivity index (χ0v) is 13.7. The van der Waals surface area contributed by atoms with Crippen LogP contribution >= 0.6 is 0 Å². The first-order chi connectivity index (χ1) is 12.2. The van der Waals surface area contributed by atoms with Gasteiger partial charge in [0.05, 0.1) is 19.0 Å². The molecule has 8 heteroatoms. The number of imidazole rings is 1. The highest BCUT2D eigenvalue weighted by Crippen LogP contribution is 2.32. The van der Waals surface area contributed by atoms with Gasteiger partial charge in [0, 0.05) is 12.1 Å². The van der Waals surface area contributed by atoms with E-state index in [1.165, 1.54) is 6.33 Å². The Balaban J connectivity index is 1.68. The highest BCUT2D eigenvalue weighted by atomic mass is 16.5. The first kappa shape index (κ1) is 15.9. The number of rotatable bonds is 4. The lowest BCUT2D eigenvalue weighted by molar-refractivity contribution is -0.0432. The van der Waals surface area contributed by atoms with Crippen molar-refractivity contribution < 1.29 is 14.9 Å². The molecular weight excluding hydrogens is 322 g/mol. The summed E-state index contributed by atoms with van der Waals surface area (Å²) in [7, 11) is 0. The molecule has 3 atom stereocenters. The number of aryl methyl sites for hydroxylation is 1. The van der Waals surface area contributed by atoms with Crippen molar-refractivity contribution in [3.05, 3.63) is 42.5 Å². The van der Waals surface area contributed by atoms with Gasteiger partial charge in [0.2, 0.25) is 0 Å². The lowest BCUT2D eigenvalue weighted by Crippen LogP contribution is -2.24. The average Bonchev–Trinajstić information content (AvgIpc) is 3.20. The Kier molecular flexibility index (Phi) is 4.08. The van der Waals surface area contributed by atoms with Crippen LogP contribution in [0.2, 0.25) is 0 Å². The number of fused-ring (bicyclic) bond motifs is 1. The lowest BCUT2D eigenvalue weighted by atomic mass is 10.2. The molecule has 1 fully saturated rings. The third-order valence-corrected chi connectivity index (χ3v) is 4.45. The molecule has 2 aromatic heterocycles. The number of aliphatic hydroxyl groups is 2. The molecule has 1 aliphatic heterocycles. The molecule has 1 aromatic carbocycles. The van der Waals surface area contributed by atoms with E-state index in [9.17, 15) is 10.2 Å². The second-order valence-electron chi connectivity index (χ2n) is 6.10. The van der Waals surface area contributed by atoms with Gasteiger partial charge < -0.3 is 20.3 Å². The van der Waals surface area contributed by atoms with Gasteiger partial charge in [-0.2, -0.15) is 0 Å². The maximum absolute atomic E-state index is 9.95. The molecule has 130 valence electrons. The summed E-state index contributed by atoms with van der Waals surface area (Å²) in [5.41, 5.74) is 3.28. The number of benzene rings is 1. The summed E-state index contributed by atoms with van der Waals surface area (Å²) in [5, 5.41) is 22.5. The lowest BCUT2D eigenvalue weighted by Gasteiger charge is -2.14. The summed E-state index contributed by atoms with van der Waals surface area (Å²) in [5.74, 6) is 0.607. The first-order valence-corrected chi connectivity index (χ1v) is 8.12. The van der Waals surface area contributed by atoms with E-state index in [0.717, 1.165) is 11.3 Å². The smallest absolute Gasteiger partial charge is 0.167 e. The maximum Gasteiger partial charge on any atom is 0.167 e. The molecule has 0 bridgehead atoms. The molecule has 0 amide bonds. The predicted molar refractivity (Wildman–Crippen MR) is 91.4 cm³/mol. The summed E-state index contributed by atoms with van der Waals surface area (Å²) in [4.78, 5) is 13.0. The average molecular weight is 341 g/mol. The zero-order valence-electron chi connectivity index (χ0n) is 13.7. The molecule has 0 aliphatic carbocycles. The summed E-state index contributed by atoms with van der Waals surface area (Å²) >= 11 is 0. The van der Waals surface area contributed by atoms with E-state index in [-0.39, 0.29) is 6.61 Å². The fraction of sp³-hybridized carbons (Fsp3) is 0.353. The van der Waals surface area contributed by atoms with E-state index in [0.29, 0.717) is 23.4 Å². The molecular formula is C17H19N5O3. The van der Waals surface area contributed by atoms with E-state index in [4.69, 9.17) is 4.74 Å². The number of aliphatic hydroxyl groups excluding tert-OH is 2. The minimum absolute atomic E-state index is 0.223. The number of para-hydroxylation sites is 1. The van der Waals surface area contributed by atoms with Crippen molar-refractivity contribution >= 4 is 22.7 Å². The van der Waals surface area contributed by atoms with Crippen molar-refractivity contribution in [3.63, 3.8) is 0 Å². The number of hydrogen-bond donors (Lipinski definition) is 3. The quantitative estimate of drug-likeness (QED) is 0.661. The molecule has 1 saturated heterocycles.